The van der Waals surface area contributed by atoms with Gasteiger partial charge in [-0.15, -0.1) is 0 Å². The highest BCUT2D eigenvalue weighted by molar-refractivity contribution is 5.81. The Balaban J connectivity index is 0.897. The van der Waals surface area contributed by atoms with E-state index in [1.165, 1.54) is 91.7 Å². The summed E-state index contributed by atoms with van der Waals surface area (Å²) in [5.74, 6) is 2.06. The van der Waals surface area contributed by atoms with E-state index in [0.29, 0.717) is 12.5 Å². The van der Waals surface area contributed by atoms with Crippen molar-refractivity contribution >= 4 is 28.7 Å². The molecule has 0 bridgehead atoms. The lowest BCUT2D eigenvalue weighted by Gasteiger charge is -2.29. The number of rotatable bonds is 21. The van der Waals surface area contributed by atoms with Gasteiger partial charge in [-0.1, -0.05) is 113 Å². The molecule has 0 atom stereocenters. The van der Waals surface area contributed by atoms with E-state index in [9.17, 15) is 4.79 Å². The van der Waals surface area contributed by atoms with Gasteiger partial charge in [0.25, 0.3) is 0 Å². The summed E-state index contributed by atoms with van der Waals surface area (Å²) in [6.45, 7) is 6.87. The van der Waals surface area contributed by atoms with Crippen LogP contribution in [0.2, 0.25) is 0 Å². The Morgan fingerprint density at radius 2 is 1.07 bits per heavy atom. The Kier molecular flexibility index (Phi) is 16.6. The van der Waals surface area contributed by atoms with E-state index in [2.05, 4.69) is 94.6 Å². The van der Waals surface area contributed by atoms with Crippen LogP contribution < -0.4 is 4.74 Å². The number of carbonyl (C=O) groups is 1. The van der Waals surface area contributed by atoms with Gasteiger partial charge in [-0.2, -0.15) is 20.5 Å². The number of carbonyl (C=O) groups excluding carboxylic acids is 1. The minimum atomic E-state index is -0.320. The molecule has 0 aliphatic heterocycles. The summed E-state index contributed by atoms with van der Waals surface area (Å²) in [4.78, 5) is 11.1. The van der Waals surface area contributed by atoms with Crippen molar-refractivity contribution < 1.29 is 14.3 Å². The van der Waals surface area contributed by atoms with E-state index in [1.54, 1.807) is 0 Å². The molecule has 1 aliphatic rings. The van der Waals surface area contributed by atoms with Crippen molar-refractivity contribution in [3.63, 3.8) is 0 Å². The molecule has 0 unspecified atom stereocenters. The lowest BCUT2D eigenvalue weighted by molar-refractivity contribution is -0.137. The second-order valence-corrected chi connectivity index (χ2v) is 15.4. The van der Waals surface area contributed by atoms with Gasteiger partial charge in [-0.05, 0) is 145 Å². The average molecular weight is 775 g/mol. The Bertz CT molecular complexity index is 2030. The van der Waals surface area contributed by atoms with E-state index in [4.69, 9.17) is 9.47 Å². The van der Waals surface area contributed by atoms with Crippen molar-refractivity contribution in [2.24, 2.45) is 26.4 Å². The van der Waals surface area contributed by atoms with Gasteiger partial charge < -0.3 is 9.47 Å². The van der Waals surface area contributed by atoms with Crippen LogP contribution in [-0.4, -0.2) is 19.2 Å². The fourth-order valence-corrected chi connectivity index (χ4v) is 7.55. The zero-order chi connectivity index (χ0) is 40.2. The molecule has 0 aromatic heterocycles. The standard InChI is InChI=1S/C51H58N4O3/c1-3-5-9-36-57-50-34-32-49(33-35-50)55-54-48-30-28-47(29-31-48)53-52-46-26-16-41(17-27-46)38-40-14-20-43(21-15-40)45-24-22-44(23-25-45)42-18-12-39(13-19-42)11-8-6-7-10-37-58-51(56)4-2/h4,14-17,20-35,39,42H,2-3,5-13,18-19,36-38H2,1H3. The topological polar surface area (TPSA) is 85.0 Å². The van der Waals surface area contributed by atoms with Gasteiger partial charge in [0, 0.05) is 6.08 Å². The normalized spacial score (nSPS) is 15.5. The van der Waals surface area contributed by atoms with E-state index < -0.39 is 0 Å². The van der Waals surface area contributed by atoms with Crippen LogP contribution in [0.4, 0.5) is 22.7 Å². The van der Waals surface area contributed by atoms with Gasteiger partial charge in [0.15, 0.2) is 0 Å². The van der Waals surface area contributed by atoms with Crippen LogP contribution in [0, 0.1) is 5.92 Å². The third kappa shape index (κ3) is 13.8. The summed E-state index contributed by atoms with van der Waals surface area (Å²) in [5, 5.41) is 17.6. The third-order valence-electron chi connectivity index (χ3n) is 11.0. The molecule has 1 aliphatic carbocycles. The van der Waals surface area contributed by atoms with E-state index >= 15 is 0 Å². The number of unbranched alkanes of at least 4 members (excludes halogenated alkanes) is 5. The molecule has 58 heavy (non-hydrogen) atoms. The number of hydrogen-bond acceptors (Lipinski definition) is 7. The molecule has 0 heterocycles. The Hall–Kier alpha value is -5.69. The van der Waals surface area contributed by atoms with Crippen LogP contribution in [0.5, 0.6) is 5.75 Å². The van der Waals surface area contributed by atoms with Gasteiger partial charge >= 0.3 is 5.97 Å². The molecule has 300 valence electrons. The number of hydrogen-bond donors (Lipinski definition) is 0. The maximum atomic E-state index is 11.1. The van der Waals surface area contributed by atoms with Crippen molar-refractivity contribution in [3.05, 3.63) is 151 Å². The van der Waals surface area contributed by atoms with E-state index in [1.807, 2.05) is 60.7 Å². The molecular weight excluding hydrogens is 717 g/mol. The summed E-state index contributed by atoms with van der Waals surface area (Å²) >= 11 is 0. The highest BCUT2D eigenvalue weighted by Crippen LogP contribution is 2.38. The average Bonchev–Trinajstić information content (AvgIpc) is 3.28. The highest BCUT2D eigenvalue weighted by atomic mass is 16.5. The van der Waals surface area contributed by atoms with Crippen LogP contribution in [0.1, 0.15) is 107 Å². The predicted molar refractivity (Wildman–Crippen MR) is 236 cm³/mol. The second-order valence-electron chi connectivity index (χ2n) is 15.4. The first-order chi connectivity index (χ1) is 28.5. The van der Waals surface area contributed by atoms with Gasteiger partial charge in [0.2, 0.25) is 0 Å². The van der Waals surface area contributed by atoms with Crippen molar-refractivity contribution in [1.82, 2.24) is 0 Å². The number of esters is 1. The predicted octanol–water partition coefficient (Wildman–Crippen LogP) is 15.3. The maximum absolute atomic E-state index is 11.1. The number of benzene rings is 5. The molecule has 1 fully saturated rings. The summed E-state index contributed by atoms with van der Waals surface area (Å²) in [6.07, 6.45) is 16.6. The molecule has 5 aromatic carbocycles. The zero-order valence-electron chi connectivity index (χ0n) is 34.1. The van der Waals surface area contributed by atoms with Crippen LogP contribution in [-0.2, 0) is 16.0 Å². The molecule has 5 aromatic rings. The summed E-state index contributed by atoms with van der Waals surface area (Å²) in [5.41, 5.74) is 9.60. The molecule has 0 saturated heterocycles. The number of ether oxygens (including phenoxy) is 2. The molecule has 0 spiro atoms. The Labute approximate surface area is 345 Å². The molecule has 0 N–H and O–H groups in total. The molecule has 6 rings (SSSR count). The zero-order valence-corrected chi connectivity index (χ0v) is 34.1. The lowest BCUT2D eigenvalue weighted by Crippen LogP contribution is -2.13. The molecule has 0 amide bonds. The minimum absolute atomic E-state index is 0.320. The quantitative estimate of drug-likeness (QED) is 0.0322. The van der Waals surface area contributed by atoms with Crippen LogP contribution >= 0.6 is 0 Å². The van der Waals surface area contributed by atoms with Crippen LogP contribution in [0.3, 0.4) is 0 Å². The first-order valence-electron chi connectivity index (χ1n) is 21.3. The third-order valence-corrected chi connectivity index (χ3v) is 11.0. The Morgan fingerprint density at radius 3 is 1.62 bits per heavy atom. The Morgan fingerprint density at radius 1 is 0.586 bits per heavy atom. The lowest BCUT2D eigenvalue weighted by atomic mass is 9.77. The SMILES string of the molecule is C=CC(=O)OCCCCCCC1CCC(c2ccc(-c3ccc(Cc4ccc(N=Nc5ccc(N=Nc6ccc(OCCCCC)cc6)cc5)cc4)cc3)cc2)CC1. The molecule has 7 nitrogen and oxygen atoms in total. The minimum Gasteiger partial charge on any atom is -0.494 e. The van der Waals surface area contributed by atoms with Gasteiger partial charge in [-0.3, -0.25) is 0 Å². The fraction of sp³-hybridized carbons (Fsp3) is 0.353. The smallest absolute Gasteiger partial charge is 0.330 e. The van der Waals surface area contributed by atoms with Crippen LogP contribution in [0.25, 0.3) is 11.1 Å². The first-order valence-corrected chi connectivity index (χ1v) is 21.3. The van der Waals surface area contributed by atoms with Gasteiger partial charge in [-0.25, -0.2) is 4.79 Å². The first kappa shape index (κ1) is 41.9. The molecule has 1 saturated carbocycles. The van der Waals surface area contributed by atoms with Crippen molar-refractivity contribution in [2.75, 3.05) is 13.2 Å². The van der Waals surface area contributed by atoms with Crippen molar-refractivity contribution in [2.45, 2.75) is 96.3 Å². The van der Waals surface area contributed by atoms with Crippen molar-refractivity contribution in [1.29, 1.82) is 0 Å². The summed E-state index contributed by atoms with van der Waals surface area (Å²) < 4.78 is 10.8. The summed E-state index contributed by atoms with van der Waals surface area (Å²) in [7, 11) is 0. The largest absolute Gasteiger partial charge is 0.494 e. The molecule has 7 heteroatoms. The van der Waals surface area contributed by atoms with Crippen LogP contribution in [0.15, 0.2) is 154 Å². The summed E-state index contributed by atoms with van der Waals surface area (Å²) in [6, 6.07) is 41.8. The van der Waals surface area contributed by atoms with E-state index in [-0.39, 0.29) is 5.97 Å². The maximum Gasteiger partial charge on any atom is 0.330 e. The number of nitrogens with zero attached hydrogens (tertiary/aromatic N) is 4. The second kappa shape index (κ2) is 22.9. The molecule has 0 radical (unpaired) electrons. The molecular formula is C51H58N4O3. The highest BCUT2D eigenvalue weighted by Gasteiger charge is 2.22. The fourth-order valence-electron chi connectivity index (χ4n) is 7.55. The van der Waals surface area contributed by atoms with Crippen molar-refractivity contribution in [3.8, 4) is 16.9 Å². The van der Waals surface area contributed by atoms with Gasteiger partial charge in [0.1, 0.15) is 5.75 Å². The number of azo groups is 2. The van der Waals surface area contributed by atoms with Gasteiger partial charge in [0.05, 0.1) is 36.0 Å². The monoisotopic (exact) mass is 774 g/mol. The van der Waals surface area contributed by atoms with E-state index in [0.717, 1.165) is 66.7 Å².